The Morgan fingerprint density at radius 3 is 2.59 bits per heavy atom. The van der Waals surface area contributed by atoms with Crippen molar-refractivity contribution in [2.45, 2.75) is 51.9 Å². The maximum absolute atomic E-state index is 12.1. The van der Waals surface area contributed by atoms with Crippen LogP contribution >= 0.6 is 22.9 Å². The van der Waals surface area contributed by atoms with Gasteiger partial charge in [-0.05, 0) is 49.3 Å². The number of fused-ring (bicyclic) bond motifs is 1. The highest BCUT2D eigenvalue weighted by Gasteiger charge is 2.39. The maximum Gasteiger partial charge on any atom is 0.349 e. The molecule has 0 aliphatic rings. The fourth-order valence-corrected chi connectivity index (χ4v) is 5.90. The third kappa shape index (κ3) is 5.23. The van der Waals surface area contributed by atoms with Gasteiger partial charge in [-0.1, -0.05) is 44.5 Å². The van der Waals surface area contributed by atoms with E-state index in [4.69, 9.17) is 20.8 Å². The lowest BCUT2D eigenvalue weighted by molar-refractivity contribution is 0.0695. The summed E-state index contributed by atoms with van der Waals surface area (Å²) in [6.45, 7) is 12.6. The summed E-state index contributed by atoms with van der Waals surface area (Å²) in [5.74, 6) is -0.268. The van der Waals surface area contributed by atoms with E-state index in [1.165, 1.54) is 0 Å². The number of aromatic nitrogens is 2. The van der Waals surface area contributed by atoms with Gasteiger partial charge in [0.05, 0.1) is 27.7 Å². The highest BCUT2D eigenvalue weighted by atomic mass is 35.5. The van der Waals surface area contributed by atoms with Crippen LogP contribution in [0, 0.1) is 11.3 Å². The van der Waals surface area contributed by atoms with Gasteiger partial charge in [0.25, 0.3) is 8.32 Å². The van der Waals surface area contributed by atoms with E-state index in [0.29, 0.717) is 37.9 Å². The first-order valence-corrected chi connectivity index (χ1v) is 15.8. The Hall–Kier alpha value is -3.32. The van der Waals surface area contributed by atoms with Gasteiger partial charge in [0, 0.05) is 11.6 Å². The summed E-state index contributed by atoms with van der Waals surface area (Å²) in [4.78, 5) is 16.5. The van der Waals surface area contributed by atoms with E-state index in [2.05, 4.69) is 44.9 Å². The number of aromatic carboxylic acids is 1. The summed E-state index contributed by atoms with van der Waals surface area (Å²) in [5, 5.41) is 20.2. The van der Waals surface area contributed by atoms with E-state index >= 15 is 0 Å². The Bertz CT molecular complexity index is 1530. The second-order valence-electron chi connectivity index (χ2n) is 10.3. The van der Waals surface area contributed by atoms with Gasteiger partial charge >= 0.3 is 5.97 Å². The van der Waals surface area contributed by atoms with Crippen LogP contribution in [0.1, 0.15) is 54.6 Å². The van der Waals surface area contributed by atoms with Crippen LogP contribution < -0.4 is 9.16 Å². The number of imidazole rings is 1. The normalized spacial score (nSPS) is 12.8. The largest absolute Gasteiger partial charge is 0.542 e. The van der Waals surface area contributed by atoms with Crippen LogP contribution in [-0.2, 0) is 0 Å². The Morgan fingerprint density at radius 1 is 1.22 bits per heavy atom. The van der Waals surface area contributed by atoms with E-state index in [1.54, 1.807) is 35.2 Å². The number of carboxylic acid groups (broad SMARTS) is 1. The summed E-state index contributed by atoms with van der Waals surface area (Å²) < 4.78 is 14.4. The van der Waals surface area contributed by atoms with Gasteiger partial charge in [-0.15, -0.1) is 11.3 Å². The van der Waals surface area contributed by atoms with Crippen molar-refractivity contribution in [1.29, 1.82) is 5.26 Å². The van der Waals surface area contributed by atoms with Crippen LogP contribution in [0.5, 0.6) is 11.5 Å². The number of nitriles is 1. The van der Waals surface area contributed by atoms with E-state index in [9.17, 15) is 15.2 Å². The molecular weight excluding hydrogens is 526 g/mol. The Balaban J connectivity index is 1.68. The fourth-order valence-electron chi connectivity index (χ4n) is 3.57. The van der Waals surface area contributed by atoms with Crippen molar-refractivity contribution in [2.24, 2.45) is 0 Å². The van der Waals surface area contributed by atoms with Gasteiger partial charge in [0.15, 0.2) is 4.88 Å². The lowest BCUT2D eigenvalue weighted by atomic mass is 10.1. The lowest BCUT2D eigenvalue weighted by Crippen LogP contribution is -2.44. The van der Waals surface area contributed by atoms with Gasteiger partial charge in [0.1, 0.15) is 28.9 Å². The van der Waals surface area contributed by atoms with Gasteiger partial charge in [0.2, 0.25) is 0 Å². The molecule has 4 aromatic rings. The average molecular weight is 554 g/mol. The number of carboxylic acids is 1. The maximum atomic E-state index is 12.1. The fraction of sp³-hybridized carbons (Fsp3) is 0.296. The van der Waals surface area contributed by atoms with Gasteiger partial charge < -0.3 is 14.3 Å². The minimum absolute atomic E-state index is 0.00339. The molecule has 7 nitrogen and oxygen atoms in total. The van der Waals surface area contributed by atoms with Crippen molar-refractivity contribution < 1.29 is 19.1 Å². The molecule has 1 N–H and O–H groups in total. The van der Waals surface area contributed by atoms with E-state index in [-0.39, 0.29) is 15.7 Å². The number of thiophene rings is 1. The molecule has 0 aliphatic carbocycles. The standard InChI is InChI=1S/C27H28ClN3O4SSi/c1-16(18-8-7-9-21(24(18)28)35-37(5,6)27(2,3)4)34-22-13-23(36-25(22)26(32)33)31-15-30-19-11-10-17(14-29)12-20(19)31/h7-13,15-16H,1-6H3,(H,32,33)/t16-/m1/s1. The molecule has 192 valence electrons. The molecule has 37 heavy (non-hydrogen) atoms. The van der Waals surface area contributed by atoms with Crippen LogP contribution in [0.3, 0.4) is 0 Å². The zero-order valence-electron chi connectivity index (χ0n) is 21.5. The van der Waals surface area contributed by atoms with Gasteiger partial charge in [-0.2, -0.15) is 5.26 Å². The highest BCUT2D eigenvalue weighted by molar-refractivity contribution is 7.16. The summed E-state index contributed by atoms with van der Waals surface area (Å²) in [6.07, 6.45) is 1.07. The van der Waals surface area contributed by atoms with E-state index in [0.717, 1.165) is 11.3 Å². The first-order valence-electron chi connectivity index (χ1n) is 11.7. The molecular formula is C27H28ClN3O4SSi. The highest BCUT2D eigenvalue weighted by Crippen LogP contribution is 2.42. The summed E-state index contributed by atoms with van der Waals surface area (Å²) in [7, 11) is -2.12. The number of ether oxygens (including phenoxy) is 1. The molecule has 0 aliphatic heterocycles. The number of rotatable bonds is 7. The van der Waals surface area contributed by atoms with E-state index in [1.807, 2.05) is 25.1 Å². The predicted molar refractivity (Wildman–Crippen MR) is 149 cm³/mol. The van der Waals surface area contributed by atoms with E-state index < -0.39 is 20.4 Å². The predicted octanol–water partition coefficient (Wildman–Crippen LogP) is 7.83. The molecule has 0 saturated carbocycles. The van der Waals surface area contributed by atoms with Crippen molar-refractivity contribution >= 4 is 48.3 Å². The molecule has 2 heterocycles. The van der Waals surface area contributed by atoms with Crippen molar-refractivity contribution in [3.8, 4) is 22.6 Å². The van der Waals surface area contributed by atoms with Crippen molar-refractivity contribution in [2.75, 3.05) is 0 Å². The molecule has 0 bridgehead atoms. The monoisotopic (exact) mass is 553 g/mol. The van der Waals surface area contributed by atoms with Crippen LogP contribution in [-0.4, -0.2) is 28.9 Å². The second kappa shape index (κ2) is 9.86. The molecule has 10 heteroatoms. The lowest BCUT2D eigenvalue weighted by Gasteiger charge is -2.37. The topological polar surface area (TPSA) is 97.4 Å². The molecule has 0 amide bonds. The minimum Gasteiger partial charge on any atom is -0.542 e. The molecule has 4 rings (SSSR count). The Labute approximate surface area is 226 Å². The molecule has 2 aromatic carbocycles. The van der Waals surface area contributed by atoms with Gasteiger partial charge in [-0.3, -0.25) is 4.57 Å². The zero-order chi connectivity index (χ0) is 27.1. The number of nitrogens with zero attached hydrogens (tertiary/aromatic N) is 3. The number of benzene rings is 2. The van der Waals surface area contributed by atoms with Crippen LogP contribution in [0.4, 0.5) is 0 Å². The summed E-state index contributed by atoms with van der Waals surface area (Å²) in [5.41, 5.74) is 2.60. The third-order valence-electron chi connectivity index (χ3n) is 6.70. The van der Waals surface area contributed by atoms with Crippen molar-refractivity contribution in [3.63, 3.8) is 0 Å². The van der Waals surface area contributed by atoms with Crippen LogP contribution in [0.15, 0.2) is 48.8 Å². The first-order chi connectivity index (χ1) is 17.3. The molecule has 0 saturated heterocycles. The summed E-state index contributed by atoms with van der Waals surface area (Å²) in [6, 6.07) is 14.5. The average Bonchev–Trinajstić information content (AvgIpc) is 3.43. The van der Waals surface area contributed by atoms with Crippen molar-refractivity contribution in [3.05, 3.63) is 69.8 Å². The Morgan fingerprint density at radius 2 is 1.95 bits per heavy atom. The van der Waals surface area contributed by atoms with Crippen molar-refractivity contribution in [1.82, 2.24) is 9.55 Å². The smallest absolute Gasteiger partial charge is 0.349 e. The molecule has 1 atom stereocenters. The molecule has 0 unspecified atom stereocenters. The number of hydrogen-bond donors (Lipinski definition) is 1. The summed E-state index contributed by atoms with van der Waals surface area (Å²) >= 11 is 7.85. The first kappa shape index (κ1) is 26.7. The van der Waals surface area contributed by atoms with Crippen LogP contribution in [0.2, 0.25) is 23.2 Å². The Kier molecular flexibility index (Phi) is 7.12. The number of halogens is 1. The molecule has 0 spiro atoms. The SMILES string of the molecule is C[C@@H](Oc1cc(-n2cnc3ccc(C#N)cc32)sc1C(=O)O)c1cccc(O[Si](C)(C)C(C)(C)C)c1Cl. The number of carbonyl (C=O) groups is 1. The molecule has 0 radical (unpaired) electrons. The van der Waals surface area contributed by atoms with Crippen LogP contribution in [0.25, 0.3) is 16.0 Å². The number of hydrogen-bond acceptors (Lipinski definition) is 6. The molecule has 2 aromatic heterocycles. The third-order valence-corrected chi connectivity index (χ3v) is 12.5. The minimum atomic E-state index is -2.12. The second-order valence-corrected chi connectivity index (χ2v) is 16.4. The molecule has 0 fully saturated rings. The quantitative estimate of drug-likeness (QED) is 0.234. The zero-order valence-corrected chi connectivity index (χ0v) is 24.1. The van der Waals surface area contributed by atoms with Gasteiger partial charge in [-0.25, -0.2) is 9.78 Å².